The van der Waals surface area contributed by atoms with Crippen molar-refractivity contribution in [3.05, 3.63) is 77.9 Å². The van der Waals surface area contributed by atoms with Crippen molar-refractivity contribution < 1.29 is 33.4 Å². The van der Waals surface area contributed by atoms with Crippen molar-refractivity contribution in [2.24, 2.45) is 0 Å². The first-order valence-corrected chi connectivity index (χ1v) is 13.5. The van der Waals surface area contributed by atoms with Crippen LogP contribution in [-0.4, -0.2) is 61.9 Å². The molecule has 1 aliphatic heterocycles. The number of carbonyl (C=O) groups excluding carboxylic acids is 2. The van der Waals surface area contributed by atoms with Gasteiger partial charge in [0, 0.05) is 13.7 Å². The molecule has 214 valence electrons. The van der Waals surface area contributed by atoms with Crippen molar-refractivity contribution in [2.75, 3.05) is 27.0 Å². The number of hydrogen-bond donors (Lipinski definition) is 1. The molecule has 40 heavy (non-hydrogen) atoms. The molecule has 0 unspecified atom stereocenters. The minimum Gasteiger partial charge on any atom is -0.467 e. The molecule has 0 aromatic heterocycles. The number of ether oxygens (including phenoxy) is 4. The van der Waals surface area contributed by atoms with Crippen molar-refractivity contribution >= 4 is 22.8 Å². The van der Waals surface area contributed by atoms with Crippen LogP contribution in [0.3, 0.4) is 0 Å². The molecule has 2 atom stereocenters. The molecule has 9 heteroatoms. The van der Waals surface area contributed by atoms with E-state index in [9.17, 15) is 9.59 Å². The fourth-order valence-electron chi connectivity index (χ4n) is 4.56. The summed E-state index contributed by atoms with van der Waals surface area (Å²) in [6.07, 6.45) is 0.259. The van der Waals surface area contributed by atoms with E-state index < -0.39 is 17.8 Å². The molecule has 1 aliphatic rings. The molecule has 0 saturated carbocycles. The smallest absolute Gasteiger partial charge is 0.467 e. The summed E-state index contributed by atoms with van der Waals surface area (Å²) in [5.74, 6) is 0.0876. The largest absolute Gasteiger partial charge is 0.528 e. The Balaban J connectivity index is 1.57. The van der Waals surface area contributed by atoms with Gasteiger partial charge in [-0.25, -0.2) is 4.79 Å². The highest BCUT2D eigenvalue weighted by molar-refractivity contribution is 6.01. The summed E-state index contributed by atoms with van der Waals surface area (Å²) in [6.45, 7) is 6.44. The maximum absolute atomic E-state index is 13.8. The van der Waals surface area contributed by atoms with Gasteiger partial charge in [-0.05, 0) is 62.1 Å². The Labute approximate surface area is 235 Å². The van der Waals surface area contributed by atoms with E-state index in [-0.39, 0.29) is 25.3 Å². The molecule has 0 aliphatic carbocycles. The number of fused-ring (bicyclic) bond motifs is 1. The SMILES string of the molecule is COCOc1cc2ccccc2cc1C(=O)N[C@@H]1CN(OC(=O)OC(C)(C)C)CCC[C@H]1OCc1ccccc1. The van der Waals surface area contributed by atoms with E-state index in [1.54, 1.807) is 26.8 Å². The predicted octanol–water partition coefficient (Wildman–Crippen LogP) is 5.47. The summed E-state index contributed by atoms with van der Waals surface area (Å²) in [4.78, 5) is 31.7. The van der Waals surface area contributed by atoms with Gasteiger partial charge < -0.3 is 29.1 Å². The summed E-state index contributed by atoms with van der Waals surface area (Å²) < 4.78 is 22.5. The van der Waals surface area contributed by atoms with Crippen molar-refractivity contribution in [1.82, 2.24) is 10.4 Å². The van der Waals surface area contributed by atoms with Crippen molar-refractivity contribution in [3.63, 3.8) is 0 Å². The zero-order valence-corrected chi connectivity index (χ0v) is 23.6. The third-order valence-corrected chi connectivity index (χ3v) is 6.39. The standard InChI is InChI=1S/C31H38N2O7/c1-31(2,3)39-30(35)40-33-16-10-15-27(37-20-22-11-6-5-7-12-22)26(19-33)32-29(34)25-17-23-13-8-9-14-24(23)18-28(25)38-21-36-4/h5-9,11-14,17-18,26-27H,10,15-16,19-21H2,1-4H3,(H,32,34)/t26-,27-/m1/s1. The topological polar surface area (TPSA) is 95.6 Å². The minimum atomic E-state index is -0.786. The number of nitrogens with one attached hydrogen (secondary N) is 1. The maximum atomic E-state index is 13.8. The number of methoxy groups -OCH3 is 1. The Hall–Kier alpha value is -3.66. The quantitative estimate of drug-likeness (QED) is 0.277. The number of amides is 1. The van der Waals surface area contributed by atoms with E-state index in [0.717, 1.165) is 16.3 Å². The van der Waals surface area contributed by atoms with Gasteiger partial charge in [0.05, 0.1) is 30.9 Å². The summed E-state index contributed by atoms with van der Waals surface area (Å²) in [6, 6.07) is 20.8. The zero-order chi connectivity index (χ0) is 28.5. The van der Waals surface area contributed by atoms with Gasteiger partial charge >= 0.3 is 6.16 Å². The molecule has 3 aromatic carbocycles. The lowest BCUT2D eigenvalue weighted by Gasteiger charge is -2.29. The number of hydroxylamine groups is 2. The van der Waals surface area contributed by atoms with Crippen LogP contribution in [0.4, 0.5) is 4.79 Å². The zero-order valence-electron chi connectivity index (χ0n) is 23.6. The molecule has 3 aromatic rings. The van der Waals surface area contributed by atoms with E-state index in [1.807, 2.05) is 60.7 Å². The summed E-state index contributed by atoms with van der Waals surface area (Å²) in [5.41, 5.74) is 0.719. The highest BCUT2D eigenvalue weighted by atomic mass is 16.8. The lowest BCUT2D eigenvalue weighted by Crippen LogP contribution is -2.50. The summed E-state index contributed by atoms with van der Waals surface area (Å²) >= 11 is 0. The molecule has 0 radical (unpaired) electrons. The molecule has 1 heterocycles. The van der Waals surface area contributed by atoms with Crippen LogP contribution in [0.15, 0.2) is 66.7 Å². The lowest BCUT2D eigenvalue weighted by atomic mass is 10.0. The number of rotatable bonds is 9. The average Bonchev–Trinajstić information content (AvgIpc) is 3.10. The van der Waals surface area contributed by atoms with Crippen molar-refractivity contribution in [3.8, 4) is 5.75 Å². The lowest BCUT2D eigenvalue weighted by molar-refractivity contribution is -0.145. The highest BCUT2D eigenvalue weighted by Crippen LogP contribution is 2.27. The van der Waals surface area contributed by atoms with Crippen LogP contribution in [0.2, 0.25) is 0 Å². The molecule has 1 saturated heterocycles. The van der Waals surface area contributed by atoms with Gasteiger partial charge in [-0.3, -0.25) is 4.79 Å². The van der Waals surface area contributed by atoms with Crippen LogP contribution in [0.5, 0.6) is 5.75 Å². The Morgan fingerprint density at radius 1 is 1.00 bits per heavy atom. The molecule has 1 amide bonds. The number of hydrogen-bond acceptors (Lipinski definition) is 8. The van der Waals surface area contributed by atoms with Gasteiger partial charge in [-0.1, -0.05) is 54.6 Å². The first-order valence-electron chi connectivity index (χ1n) is 13.5. The number of benzene rings is 3. The molecular weight excluding hydrogens is 512 g/mol. The van der Waals surface area contributed by atoms with Gasteiger partial charge in [0.2, 0.25) is 0 Å². The van der Waals surface area contributed by atoms with Crippen LogP contribution in [0.1, 0.15) is 49.5 Å². The van der Waals surface area contributed by atoms with Gasteiger partial charge in [0.1, 0.15) is 11.4 Å². The highest BCUT2D eigenvalue weighted by Gasteiger charge is 2.33. The Morgan fingerprint density at radius 2 is 1.70 bits per heavy atom. The molecule has 1 N–H and O–H groups in total. The molecule has 0 spiro atoms. The monoisotopic (exact) mass is 550 g/mol. The van der Waals surface area contributed by atoms with Gasteiger partial charge in [-0.15, -0.1) is 5.06 Å². The second-order valence-electron chi connectivity index (χ2n) is 10.7. The van der Waals surface area contributed by atoms with Crippen LogP contribution >= 0.6 is 0 Å². The van der Waals surface area contributed by atoms with Crippen LogP contribution in [0.25, 0.3) is 10.8 Å². The maximum Gasteiger partial charge on any atom is 0.528 e. The van der Waals surface area contributed by atoms with E-state index in [2.05, 4.69) is 5.32 Å². The fraction of sp³-hybridized carbons (Fsp3) is 0.419. The van der Waals surface area contributed by atoms with Gasteiger partial charge in [0.15, 0.2) is 6.79 Å². The Kier molecular flexibility index (Phi) is 9.98. The molecule has 1 fully saturated rings. The first-order chi connectivity index (χ1) is 19.2. The van der Waals surface area contributed by atoms with E-state index >= 15 is 0 Å². The second-order valence-corrected chi connectivity index (χ2v) is 10.7. The number of carbonyl (C=O) groups is 2. The summed E-state index contributed by atoms with van der Waals surface area (Å²) in [7, 11) is 1.53. The third-order valence-electron chi connectivity index (χ3n) is 6.39. The molecule has 0 bridgehead atoms. The average molecular weight is 551 g/mol. The van der Waals surface area contributed by atoms with Crippen LogP contribution < -0.4 is 10.1 Å². The number of nitrogens with zero attached hydrogens (tertiary/aromatic N) is 1. The van der Waals surface area contributed by atoms with Gasteiger partial charge in [0.25, 0.3) is 5.91 Å². The minimum absolute atomic E-state index is 0.00235. The van der Waals surface area contributed by atoms with E-state index in [1.165, 1.54) is 12.2 Å². The first kappa shape index (κ1) is 29.3. The third kappa shape index (κ3) is 8.42. The molecule has 4 rings (SSSR count). The van der Waals surface area contributed by atoms with Crippen LogP contribution in [-0.2, 0) is 25.7 Å². The second kappa shape index (κ2) is 13.6. The normalized spacial score (nSPS) is 18.1. The van der Waals surface area contributed by atoms with Crippen molar-refractivity contribution in [2.45, 2.75) is 58.0 Å². The molecular formula is C31H38N2O7. The Morgan fingerprint density at radius 3 is 2.40 bits per heavy atom. The van der Waals surface area contributed by atoms with E-state index in [0.29, 0.717) is 37.3 Å². The molecule has 9 nitrogen and oxygen atoms in total. The summed E-state index contributed by atoms with van der Waals surface area (Å²) in [5, 5.41) is 6.52. The predicted molar refractivity (Wildman–Crippen MR) is 151 cm³/mol. The van der Waals surface area contributed by atoms with Crippen LogP contribution in [0, 0.1) is 0 Å². The fourth-order valence-corrected chi connectivity index (χ4v) is 4.56. The van der Waals surface area contributed by atoms with Crippen molar-refractivity contribution in [1.29, 1.82) is 0 Å². The van der Waals surface area contributed by atoms with E-state index in [4.69, 9.17) is 23.8 Å². The van der Waals surface area contributed by atoms with Gasteiger partial charge in [-0.2, -0.15) is 0 Å². The Bertz CT molecular complexity index is 1280.